The van der Waals surface area contributed by atoms with E-state index in [1.807, 2.05) is 72.8 Å². The lowest BCUT2D eigenvalue weighted by Gasteiger charge is -2.19. The maximum atomic E-state index is 12.9. The Hall–Kier alpha value is -3.36. The van der Waals surface area contributed by atoms with E-state index in [0.717, 1.165) is 25.7 Å². The van der Waals surface area contributed by atoms with E-state index in [-0.39, 0.29) is 28.6 Å². The van der Waals surface area contributed by atoms with Crippen molar-refractivity contribution < 1.29 is 9.59 Å². The topological polar surface area (TPSA) is 71.1 Å². The number of hydrogen-bond acceptors (Lipinski definition) is 5. The van der Waals surface area contributed by atoms with Crippen LogP contribution in [0.1, 0.15) is 27.5 Å². The number of nitrogens with one attached hydrogen (secondary N) is 2. The Morgan fingerprint density at radius 1 is 0.868 bits per heavy atom. The Bertz CT molecular complexity index is 1550. The van der Waals surface area contributed by atoms with Crippen molar-refractivity contribution in [1.82, 2.24) is 10.3 Å². The van der Waals surface area contributed by atoms with Gasteiger partial charge in [0.25, 0.3) is 5.91 Å². The smallest absolute Gasteiger partial charge is 0.257 e. The summed E-state index contributed by atoms with van der Waals surface area (Å²) in [6.45, 7) is 0. The normalized spacial score (nSPS) is 11.0. The van der Waals surface area contributed by atoms with Crippen LogP contribution in [-0.2, 0) is 4.79 Å². The molecular weight excluding hydrogens is 557 g/mol. The van der Waals surface area contributed by atoms with Gasteiger partial charge in [0.1, 0.15) is 0 Å². The first kappa shape index (κ1) is 26.3. The van der Waals surface area contributed by atoms with Gasteiger partial charge in [0.05, 0.1) is 32.6 Å². The first-order valence-electron chi connectivity index (χ1n) is 11.7. The number of carbonyl (C=O) groups is 2. The van der Waals surface area contributed by atoms with Crippen LogP contribution in [0.25, 0.3) is 10.2 Å². The van der Waals surface area contributed by atoms with Gasteiger partial charge in [-0.2, -0.15) is 0 Å². The summed E-state index contributed by atoms with van der Waals surface area (Å²) in [4.78, 5) is 30.2. The quantitative estimate of drug-likeness (QED) is 0.184. The zero-order valence-corrected chi connectivity index (χ0v) is 23.0. The van der Waals surface area contributed by atoms with E-state index in [1.54, 1.807) is 18.2 Å². The van der Waals surface area contributed by atoms with Crippen molar-refractivity contribution in [2.45, 2.75) is 10.4 Å². The van der Waals surface area contributed by atoms with Gasteiger partial charge in [0, 0.05) is 10.7 Å². The number of aromatic nitrogens is 1. The number of fused-ring (bicyclic) bond motifs is 1. The molecule has 4 aromatic carbocycles. The maximum Gasteiger partial charge on any atom is 0.257 e. The Balaban J connectivity index is 1.24. The molecule has 0 unspecified atom stereocenters. The van der Waals surface area contributed by atoms with Crippen LogP contribution >= 0.6 is 46.3 Å². The minimum atomic E-state index is -0.326. The van der Waals surface area contributed by atoms with E-state index in [1.165, 1.54) is 29.2 Å². The number of halogens is 2. The summed E-state index contributed by atoms with van der Waals surface area (Å²) in [6, 6.07) is 29.8. The van der Waals surface area contributed by atoms with Gasteiger partial charge in [-0.05, 0) is 47.5 Å². The number of benzene rings is 4. The van der Waals surface area contributed by atoms with E-state index in [9.17, 15) is 9.59 Å². The van der Waals surface area contributed by atoms with Gasteiger partial charge in [-0.15, -0.1) is 11.3 Å². The molecule has 0 spiro atoms. The van der Waals surface area contributed by atoms with Crippen LogP contribution in [0, 0.1) is 0 Å². The molecule has 1 heterocycles. The number of rotatable bonds is 8. The monoisotopic (exact) mass is 577 g/mol. The third-order valence-corrected chi connectivity index (χ3v) is 8.41. The maximum absolute atomic E-state index is 12.9. The molecule has 0 aliphatic carbocycles. The van der Waals surface area contributed by atoms with E-state index in [0.29, 0.717) is 16.3 Å². The van der Waals surface area contributed by atoms with Gasteiger partial charge in [-0.25, -0.2) is 4.98 Å². The molecular formula is C29H21Cl2N3O2S2. The number of thioether (sulfide) groups is 1. The molecule has 9 heteroatoms. The van der Waals surface area contributed by atoms with E-state index in [4.69, 9.17) is 23.2 Å². The lowest BCUT2D eigenvalue weighted by Crippen LogP contribution is -2.30. The van der Waals surface area contributed by atoms with Crippen LogP contribution in [-0.4, -0.2) is 22.6 Å². The highest BCUT2D eigenvalue weighted by molar-refractivity contribution is 8.01. The number of nitrogens with zero attached hydrogens (tertiary/aromatic N) is 1. The summed E-state index contributed by atoms with van der Waals surface area (Å²) >= 11 is 14.9. The summed E-state index contributed by atoms with van der Waals surface area (Å²) < 4.78 is 1.68. The Kier molecular flexibility index (Phi) is 8.29. The zero-order valence-electron chi connectivity index (χ0n) is 19.9. The minimum Gasteiger partial charge on any atom is -0.344 e. The average Bonchev–Trinajstić information content (AvgIpc) is 3.34. The van der Waals surface area contributed by atoms with Gasteiger partial charge < -0.3 is 10.6 Å². The molecule has 2 amide bonds. The fourth-order valence-corrected chi connectivity index (χ4v) is 6.31. The molecule has 1 aromatic heterocycles. The molecule has 0 fully saturated rings. The highest BCUT2D eigenvalue weighted by atomic mass is 35.5. The molecule has 2 N–H and O–H groups in total. The summed E-state index contributed by atoms with van der Waals surface area (Å²) in [7, 11) is 0. The number of hydrogen-bond donors (Lipinski definition) is 2. The molecule has 0 saturated carbocycles. The molecule has 5 aromatic rings. The van der Waals surface area contributed by atoms with Crippen LogP contribution in [0.3, 0.4) is 0 Å². The highest BCUT2D eigenvalue weighted by Crippen LogP contribution is 2.32. The van der Waals surface area contributed by atoms with Gasteiger partial charge in [-0.3, -0.25) is 9.59 Å². The second-order valence-electron chi connectivity index (χ2n) is 8.35. The summed E-state index contributed by atoms with van der Waals surface area (Å²) in [5, 5.41) is 6.77. The average molecular weight is 579 g/mol. The third-order valence-electron chi connectivity index (χ3n) is 5.70. The Morgan fingerprint density at radius 3 is 2.21 bits per heavy atom. The van der Waals surface area contributed by atoms with Gasteiger partial charge >= 0.3 is 0 Å². The first-order chi connectivity index (χ1) is 18.5. The molecule has 5 nitrogen and oxygen atoms in total. The highest BCUT2D eigenvalue weighted by Gasteiger charge is 2.18. The van der Waals surface area contributed by atoms with Gasteiger partial charge in [0.15, 0.2) is 4.34 Å². The van der Waals surface area contributed by atoms with Gasteiger partial charge in [-0.1, -0.05) is 95.6 Å². The molecule has 0 saturated heterocycles. The molecule has 0 bridgehead atoms. The van der Waals surface area contributed by atoms with E-state index >= 15 is 0 Å². The van der Waals surface area contributed by atoms with Crippen LogP contribution in [0.4, 0.5) is 5.69 Å². The molecule has 38 heavy (non-hydrogen) atoms. The second-order valence-corrected chi connectivity index (χ2v) is 11.4. The lowest BCUT2D eigenvalue weighted by molar-refractivity contribution is -0.119. The molecule has 190 valence electrons. The number of anilines is 1. The van der Waals surface area contributed by atoms with E-state index in [2.05, 4.69) is 15.6 Å². The fourth-order valence-electron chi connectivity index (χ4n) is 3.90. The van der Waals surface area contributed by atoms with Crippen molar-refractivity contribution in [3.63, 3.8) is 0 Å². The lowest BCUT2D eigenvalue weighted by atomic mass is 9.99. The van der Waals surface area contributed by atoms with Crippen molar-refractivity contribution in [1.29, 1.82) is 0 Å². The van der Waals surface area contributed by atoms with Crippen LogP contribution in [0.15, 0.2) is 101 Å². The summed E-state index contributed by atoms with van der Waals surface area (Å²) in [5.74, 6) is -0.179. The number of thiazole rings is 1. The van der Waals surface area contributed by atoms with Crippen molar-refractivity contribution >= 4 is 74.0 Å². The Morgan fingerprint density at radius 2 is 1.55 bits per heavy atom. The fraction of sp³-hybridized carbons (Fsp3) is 0.0690. The minimum absolute atomic E-state index is 0.0836. The number of carbonyl (C=O) groups excluding carboxylic acids is 2. The standard InChI is InChI=1S/C29H21Cl2N3O2S2/c30-20-11-13-22(23(31)15-20)28(36)32-21-12-14-24-25(16-21)38-29(33-24)37-17-26(35)34-27(18-7-3-1-4-8-18)19-9-5-2-6-10-19/h1-16,27H,17H2,(H,32,36)(H,34,35). The molecule has 5 rings (SSSR count). The van der Waals surface area contributed by atoms with Crippen LogP contribution in [0.5, 0.6) is 0 Å². The SMILES string of the molecule is O=C(CSc1nc2ccc(NC(=O)c3ccc(Cl)cc3Cl)cc2s1)NC(c1ccccc1)c1ccccc1. The third kappa shape index (κ3) is 6.37. The predicted molar refractivity (Wildman–Crippen MR) is 158 cm³/mol. The van der Waals surface area contributed by atoms with Crippen molar-refractivity contribution in [3.8, 4) is 0 Å². The zero-order chi connectivity index (χ0) is 26.5. The number of amides is 2. The second kappa shape index (κ2) is 12.0. The Labute approximate surface area is 238 Å². The molecule has 0 aliphatic heterocycles. The first-order valence-corrected chi connectivity index (χ1v) is 14.2. The van der Waals surface area contributed by atoms with Crippen molar-refractivity contribution in [3.05, 3.63) is 124 Å². The summed E-state index contributed by atoms with van der Waals surface area (Å²) in [6.07, 6.45) is 0. The van der Waals surface area contributed by atoms with E-state index < -0.39 is 0 Å². The molecule has 0 aliphatic rings. The largest absolute Gasteiger partial charge is 0.344 e. The van der Waals surface area contributed by atoms with Crippen molar-refractivity contribution in [2.24, 2.45) is 0 Å². The summed E-state index contributed by atoms with van der Waals surface area (Å²) in [5.41, 5.74) is 3.80. The predicted octanol–water partition coefficient (Wildman–Crippen LogP) is 7.85. The van der Waals surface area contributed by atoms with Crippen LogP contribution < -0.4 is 10.6 Å². The van der Waals surface area contributed by atoms with Crippen LogP contribution in [0.2, 0.25) is 10.0 Å². The molecule has 0 atom stereocenters. The van der Waals surface area contributed by atoms with Crippen molar-refractivity contribution in [2.75, 3.05) is 11.1 Å². The molecule has 0 radical (unpaired) electrons. The van der Waals surface area contributed by atoms with Gasteiger partial charge in [0.2, 0.25) is 5.91 Å².